The van der Waals surface area contributed by atoms with Crippen LogP contribution in [0.15, 0.2) is 97.2 Å². The van der Waals surface area contributed by atoms with Crippen LogP contribution in [-0.4, -0.2) is 22.7 Å². The van der Waals surface area contributed by atoms with Crippen molar-refractivity contribution >= 4 is 16.9 Å². The van der Waals surface area contributed by atoms with E-state index < -0.39 is 24.3 Å². The van der Waals surface area contributed by atoms with E-state index in [1.165, 1.54) is 6.07 Å². The van der Waals surface area contributed by atoms with Gasteiger partial charge in [-0.1, -0.05) is 60.7 Å². The van der Waals surface area contributed by atoms with Gasteiger partial charge in [0, 0.05) is 11.6 Å². The van der Waals surface area contributed by atoms with E-state index in [0.29, 0.717) is 28.9 Å². The first-order chi connectivity index (χ1) is 19.7. The first-order valence-corrected chi connectivity index (χ1v) is 12.9. The fraction of sp³-hybridized carbons (Fsp3) is 0.152. The van der Waals surface area contributed by atoms with Crippen LogP contribution in [0.1, 0.15) is 27.8 Å². The smallest absolute Gasteiger partial charge is 0.418 e. The number of nitrogens with zero attached hydrogens (tertiary/aromatic N) is 1. The largest absolute Gasteiger partial charge is 0.489 e. The number of ether oxygens (including phenoxy) is 2. The molecule has 0 aliphatic rings. The molecule has 0 aliphatic carbocycles. The lowest BCUT2D eigenvalue weighted by molar-refractivity contribution is -0.139. The molecule has 0 aliphatic heterocycles. The molecule has 0 bridgehead atoms. The van der Waals surface area contributed by atoms with Crippen LogP contribution in [0.3, 0.4) is 0 Å². The Labute approximate surface area is 234 Å². The summed E-state index contributed by atoms with van der Waals surface area (Å²) in [6, 6.07) is 26.2. The third-order valence-electron chi connectivity index (χ3n) is 6.74. The Balaban J connectivity index is 1.50. The second kappa shape index (κ2) is 11.7. The van der Waals surface area contributed by atoms with Gasteiger partial charge in [-0.2, -0.15) is 13.2 Å². The molecule has 5 nitrogen and oxygen atoms in total. The second-order valence-corrected chi connectivity index (χ2v) is 9.60. The highest BCUT2D eigenvalue weighted by Gasteiger charge is 2.33. The molecule has 4 aromatic carbocycles. The van der Waals surface area contributed by atoms with E-state index in [1.54, 1.807) is 42.6 Å². The fourth-order valence-corrected chi connectivity index (χ4v) is 4.72. The Bertz CT molecular complexity index is 1700. The summed E-state index contributed by atoms with van der Waals surface area (Å²) >= 11 is 0. The zero-order valence-electron chi connectivity index (χ0n) is 22.1. The number of halogens is 3. The normalized spacial score (nSPS) is 11.4. The van der Waals surface area contributed by atoms with E-state index >= 15 is 0 Å². The molecule has 5 rings (SSSR count). The van der Waals surface area contributed by atoms with Crippen molar-refractivity contribution in [2.24, 2.45) is 0 Å². The molecule has 5 aromatic rings. The number of carboxylic acid groups (broad SMARTS) is 1. The Hall–Kier alpha value is -4.85. The zero-order valence-corrected chi connectivity index (χ0v) is 22.1. The predicted molar refractivity (Wildman–Crippen MR) is 150 cm³/mol. The summed E-state index contributed by atoms with van der Waals surface area (Å²) in [6.07, 6.45) is -2.50. The Morgan fingerprint density at radius 2 is 1.61 bits per heavy atom. The van der Waals surface area contributed by atoms with Crippen LogP contribution in [0.25, 0.3) is 22.0 Å². The van der Waals surface area contributed by atoms with Gasteiger partial charge in [-0.15, -0.1) is 0 Å². The summed E-state index contributed by atoms with van der Waals surface area (Å²) in [5.74, 6) is -0.0782. The average molecular weight is 558 g/mol. The Morgan fingerprint density at radius 3 is 2.34 bits per heavy atom. The number of hydrogen-bond acceptors (Lipinski definition) is 4. The molecule has 1 N–H and O–H groups in total. The second-order valence-electron chi connectivity index (χ2n) is 9.60. The van der Waals surface area contributed by atoms with Gasteiger partial charge >= 0.3 is 12.1 Å². The third kappa shape index (κ3) is 6.49. The summed E-state index contributed by atoms with van der Waals surface area (Å²) in [4.78, 5) is 15.0. The Kier molecular flexibility index (Phi) is 7.92. The first kappa shape index (κ1) is 27.7. The lowest BCUT2D eigenvalue weighted by atomic mass is 9.91. The zero-order chi connectivity index (χ0) is 29.0. The number of carboxylic acids is 1. The molecule has 41 heavy (non-hydrogen) atoms. The molecule has 208 valence electrons. The van der Waals surface area contributed by atoms with Crippen molar-refractivity contribution in [1.82, 2.24) is 4.98 Å². The van der Waals surface area contributed by atoms with E-state index in [1.807, 2.05) is 49.4 Å². The van der Waals surface area contributed by atoms with Crippen LogP contribution >= 0.6 is 0 Å². The summed E-state index contributed by atoms with van der Waals surface area (Å²) in [7, 11) is 0. The van der Waals surface area contributed by atoms with E-state index in [4.69, 9.17) is 14.6 Å². The van der Waals surface area contributed by atoms with Gasteiger partial charge in [-0.25, -0.2) is 4.79 Å². The van der Waals surface area contributed by atoms with Gasteiger partial charge in [0.05, 0.1) is 11.1 Å². The lowest BCUT2D eigenvalue weighted by Crippen LogP contribution is -2.09. The number of benzene rings is 4. The maximum absolute atomic E-state index is 13.9. The highest BCUT2D eigenvalue weighted by Crippen LogP contribution is 2.39. The molecule has 1 aromatic heterocycles. The predicted octanol–water partition coefficient (Wildman–Crippen LogP) is 7.86. The van der Waals surface area contributed by atoms with Crippen molar-refractivity contribution in [2.75, 3.05) is 6.61 Å². The molecular weight excluding hydrogens is 531 g/mol. The molecule has 0 amide bonds. The molecule has 0 atom stereocenters. The number of aryl methyl sites for hydroxylation is 1. The van der Waals surface area contributed by atoms with E-state index in [0.717, 1.165) is 33.9 Å². The van der Waals surface area contributed by atoms with Crippen LogP contribution < -0.4 is 9.47 Å². The van der Waals surface area contributed by atoms with E-state index in [-0.39, 0.29) is 12.1 Å². The number of rotatable bonds is 9. The van der Waals surface area contributed by atoms with Gasteiger partial charge in [0.2, 0.25) is 0 Å². The van der Waals surface area contributed by atoms with Crippen molar-refractivity contribution in [3.8, 4) is 22.6 Å². The molecule has 0 unspecified atom stereocenters. The number of aromatic nitrogens is 1. The van der Waals surface area contributed by atoms with E-state index in [9.17, 15) is 18.0 Å². The lowest BCUT2D eigenvalue weighted by Gasteiger charge is -2.17. The molecular formula is C33H26F3NO4. The van der Waals surface area contributed by atoms with Crippen LogP contribution in [0.4, 0.5) is 13.2 Å². The van der Waals surface area contributed by atoms with E-state index in [2.05, 4.69) is 4.98 Å². The molecule has 0 saturated heterocycles. The molecule has 0 fully saturated rings. The summed E-state index contributed by atoms with van der Waals surface area (Å²) in [5.41, 5.74) is 4.30. The number of hydrogen-bond donors (Lipinski definition) is 1. The maximum atomic E-state index is 13.9. The SMILES string of the molecule is Cc1ccccc1Cc1cnc2c(C(F)(F)F)cccc2c1-c1cccc(OCc2ccc(OCC(=O)O)cc2)c1. The minimum atomic E-state index is -4.54. The van der Waals surface area contributed by atoms with Gasteiger partial charge < -0.3 is 14.6 Å². The maximum Gasteiger partial charge on any atom is 0.418 e. The molecule has 0 radical (unpaired) electrons. The summed E-state index contributed by atoms with van der Waals surface area (Å²) < 4.78 is 52.9. The monoisotopic (exact) mass is 557 g/mol. The number of alkyl halides is 3. The summed E-state index contributed by atoms with van der Waals surface area (Å²) in [5, 5.41) is 9.17. The average Bonchev–Trinajstić information content (AvgIpc) is 2.96. The van der Waals surface area contributed by atoms with Crippen LogP contribution in [0, 0.1) is 6.92 Å². The number of aliphatic carboxylic acids is 1. The van der Waals surface area contributed by atoms with Gasteiger partial charge in [-0.05, 0) is 77.1 Å². The van der Waals surface area contributed by atoms with Crippen LogP contribution in [0.5, 0.6) is 11.5 Å². The highest BCUT2D eigenvalue weighted by atomic mass is 19.4. The molecule has 0 saturated carbocycles. The van der Waals surface area contributed by atoms with Crippen LogP contribution in [0.2, 0.25) is 0 Å². The van der Waals surface area contributed by atoms with Gasteiger partial charge in [0.15, 0.2) is 6.61 Å². The quantitative estimate of drug-likeness (QED) is 0.200. The number of carbonyl (C=O) groups is 1. The van der Waals surface area contributed by atoms with Gasteiger partial charge in [-0.3, -0.25) is 4.98 Å². The fourth-order valence-electron chi connectivity index (χ4n) is 4.72. The molecule has 0 spiro atoms. The van der Waals surface area contributed by atoms with Crippen molar-refractivity contribution in [2.45, 2.75) is 26.1 Å². The number of fused-ring (bicyclic) bond motifs is 1. The van der Waals surface area contributed by atoms with Gasteiger partial charge in [0.25, 0.3) is 0 Å². The number of para-hydroxylation sites is 1. The summed E-state index contributed by atoms with van der Waals surface area (Å²) in [6.45, 7) is 1.81. The highest BCUT2D eigenvalue weighted by molar-refractivity contribution is 5.98. The van der Waals surface area contributed by atoms with Gasteiger partial charge in [0.1, 0.15) is 18.1 Å². The minimum absolute atomic E-state index is 0.0972. The standard InChI is InChI=1S/C33H26F3NO4/c1-21-6-2-3-7-23(21)16-25-18-37-32-28(10-5-11-29(32)33(34,35)36)31(25)24-8-4-9-27(17-24)40-19-22-12-14-26(15-13-22)41-20-30(38)39/h2-15,17-18H,16,19-20H2,1H3,(H,38,39). The van der Waals surface area contributed by atoms with Crippen molar-refractivity contribution in [3.05, 3.63) is 125 Å². The number of pyridine rings is 1. The van der Waals surface area contributed by atoms with Crippen molar-refractivity contribution in [1.29, 1.82) is 0 Å². The first-order valence-electron chi connectivity index (χ1n) is 12.9. The van der Waals surface area contributed by atoms with Crippen LogP contribution in [-0.2, 0) is 24.0 Å². The third-order valence-corrected chi connectivity index (χ3v) is 6.74. The molecule has 1 heterocycles. The molecule has 8 heteroatoms. The Morgan fingerprint density at radius 1 is 0.854 bits per heavy atom. The minimum Gasteiger partial charge on any atom is -0.489 e. The van der Waals surface area contributed by atoms with Crippen molar-refractivity contribution < 1.29 is 32.5 Å². The van der Waals surface area contributed by atoms with Crippen molar-refractivity contribution in [3.63, 3.8) is 0 Å². The topological polar surface area (TPSA) is 68.7 Å².